The second-order valence-corrected chi connectivity index (χ2v) is 4.45. The lowest BCUT2D eigenvalue weighted by molar-refractivity contribution is -0.123. The number of hydrogen-bond acceptors (Lipinski definition) is 4. The molecule has 2 rings (SSSR count). The van der Waals surface area contributed by atoms with Crippen LogP contribution < -0.4 is 20.1 Å². The van der Waals surface area contributed by atoms with Crippen molar-refractivity contribution in [2.45, 2.75) is 19.4 Å². The second-order valence-electron chi connectivity index (χ2n) is 4.45. The molecule has 0 bridgehead atoms. The van der Waals surface area contributed by atoms with Gasteiger partial charge >= 0.3 is 0 Å². The number of hydrogen-bond donors (Lipinski definition) is 2. The summed E-state index contributed by atoms with van der Waals surface area (Å²) in [5.74, 6) is 1.39. The summed E-state index contributed by atoms with van der Waals surface area (Å²) in [6, 6.07) is 7.50. The Kier molecular flexibility index (Phi) is 7.18. The van der Waals surface area contributed by atoms with Crippen LogP contribution in [0.4, 0.5) is 0 Å². The summed E-state index contributed by atoms with van der Waals surface area (Å²) in [6.45, 7) is 4.43. The van der Waals surface area contributed by atoms with Crippen LogP contribution in [-0.4, -0.2) is 38.3 Å². The minimum Gasteiger partial charge on any atom is -0.494 e. The van der Waals surface area contributed by atoms with Crippen molar-refractivity contribution in [2.75, 3.05) is 26.3 Å². The predicted octanol–water partition coefficient (Wildman–Crippen LogP) is 1.36. The summed E-state index contributed by atoms with van der Waals surface area (Å²) >= 11 is 0. The molecule has 0 aliphatic carbocycles. The van der Waals surface area contributed by atoms with Crippen molar-refractivity contribution in [3.63, 3.8) is 0 Å². The van der Waals surface area contributed by atoms with Crippen LogP contribution in [0.5, 0.6) is 11.5 Å². The molecule has 112 valence electrons. The Morgan fingerprint density at radius 1 is 1.30 bits per heavy atom. The van der Waals surface area contributed by atoms with E-state index in [1.54, 1.807) is 12.1 Å². The van der Waals surface area contributed by atoms with Crippen LogP contribution in [0.2, 0.25) is 0 Å². The first-order valence-electron chi connectivity index (χ1n) is 6.63. The largest absolute Gasteiger partial charge is 0.494 e. The number of nitrogens with one attached hydrogen (secondary N) is 2. The highest BCUT2D eigenvalue weighted by atomic mass is 35.5. The smallest absolute Gasteiger partial charge is 0.258 e. The van der Waals surface area contributed by atoms with Gasteiger partial charge in [0.05, 0.1) is 6.61 Å². The van der Waals surface area contributed by atoms with E-state index in [0.717, 1.165) is 25.3 Å². The number of carbonyl (C=O) groups is 1. The number of ether oxygens (including phenoxy) is 2. The molecule has 0 spiro atoms. The summed E-state index contributed by atoms with van der Waals surface area (Å²) in [6.07, 6.45) is 0.981. The quantitative estimate of drug-likeness (QED) is 0.833. The van der Waals surface area contributed by atoms with Gasteiger partial charge in [-0.25, -0.2) is 0 Å². The maximum Gasteiger partial charge on any atom is 0.258 e. The van der Waals surface area contributed by atoms with Crippen molar-refractivity contribution in [2.24, 2.45) is 0 Å². The minimum atomic E-state index is -0.0809. The number of halogens is 1. The molecule has 6 heteroatoms. The van der Waals surface area contributed by atoms with Gasteiger partial charge in [0.2, 0.25) is 0 Å². The summed E-state index contributed by atoms with van der Waals surface area (Å²) in [5.41, 5.74) is 0. The van der Waals surface area contributed by atoms with E-state index in [1.807, 2.05) is 19.1 Å². The Labute approximate surface area is 125 Å². The Balaban J connectivity index is 0.00000200. The van der Waals surface area contributed by atoms with Crippen LogP contribution in [0.1, 0.15) is 13.3 Å². The van der Waals surface area contributed by atoms with Crippen molar-refractivity contribution >= 4 is 18.3 Å². The van der Waals surface area contributed by atoms with Gasteiger partial charge < -0.3 is 20.1 Å². The van der Waals surface area contributed by atoms with Crippen molar-refractivity contribution < 1.29 is 14.3 Å². The van der Waals surface area contributed by atoms with Gasteiger partial charge in [0.1, 0.15) is 11.5 Å². The molecule has 1 aromatic rings. The van der Waals surface area contributed by atoms with Gasteiger partial charge in [0.15, 0.2) is 6.61 Å². The molecule has 0 saturated carbocycles. The van der Waals surface area contributed by atoms with Crippen molar-refractivity contribution in [1.82, 2.24) is 10.6 Å². The van der Waals surface area contributed by atoms with Gasteiger partial charge in [-0.05, 0) is 44.2 Å². The Bertz CT molecular complexity index is 405. The Hall–Kier alpha value is -1.46. The molecule has 1 aliphatic rings. The van der Waals surface area contributed by atoms with E-state index < -0.39 is 0 Å². The first kappa shape index (κ1) is 16.6. The van der Waals surface area contributed by atoms with Gasteiger partial charge in [-0.2, -0.15) is 0 Å². The third-order valence-corrected chi connectivity index (χ3v) is 2.93. The second kappa shape index (κ2) is 8.66. The van der Waals surface area contributed by atoms with E-state index in [9.17, 15) is 4.79 Å². The number of rotatable bonds is 6. The average Bonchev–Trinajstić information content (AvgIpc) is 2.91. The molecule has 2 N–H and O–H groups in total. The molecule has 1 saturated heterocycles. The maximum atomic E-state index is 11.7. The molecule has 1 heterocycles. The fraction of sp³-hybridized carbons (Fsp3) is 0.500. The average molecular weight is 301 g/mol. The zero-order valence-corrected chi connectivity index (χ0v) is 12.4. The first-order chi connectivity index (χ1) is 9.28. The molecule has 1 aliphatic heterocycles. The first-order valence-corrected chi connectivity index (χ1v) is 6.63. The fourth-order valence-corrected chi connectivity index (χ4v) is 1.99. The maximum absolute atomic E-state index is 11.7. The lowest BCUT2D eigenvalue weighted by atomic mass is 10.2. The van der Waals surface area contributed by atoms with Crippen molar-refractivity contribution in [1.29, 1.82) is 0 Å². The summed E-state index contributed by atoms with van der Waals surface area (Å²) in [7, 11) is 0. The highest BCUT2D eigenvalue weighted by Gasteiger charge is 2.16. The van der Waals surface area contributed by atoms with Crippen molar-refractivity contribution in [3.8, 4) is 11.5 Å². The van der Waals surface area contributed by atoms with Gasteiger partial charge in [-0.1, -0.05) is 0 Å². The summed E-state index contributed by atoms with van der Waals surface area (Å²) < 4.78 is 10.8. The molecule has 1 amide bonds. The molecular weight excluding hydrogens is 280 g/mol. The monoisotopic (exact) mass is 300 g/mol. The van der Waals surface area contributed by atoms with Crippen LogP contribution in [0.25, 0.3) is 0 Å². The van der Waals surface area contributed by atoms with Gasteiger partial charge in [-0.15, -0.1) is 12.4 Å². The molecule has 1 fully saturated rings. The summed E-state index contributed by atoms with van der Waals surface area (Å²) in [4.78, 5) is 11.7. The fourth-order valence-electron chi connectivity index (χ4n) is 1.99. The zero-order chi connectivity index (χ0) is 13.5. The zero-order valence-electron chi connectivity index (χ0n) is 11.6. The third kappa shape index (κ3) is 5.27. The standard InChI is InChI=1S/C14H20N2O3.ClH/c1-2-18-12-3-5-13(6-4-12)19-10-14(17)16-11-7-8-15-9-11;/h3-6,11,15H,2,7-10H2,1H3,(H,16,17);1H. The molecule has 5 nitrogen and oxygen atoms in total. The normalized spacial score (nSPS) is 17.1. The van der Waals surface area contributed by atoms with E-state index >= 15 is 0 Å². The lowest BCUT2D eigenvalue weighted by Crippen LogP contribution is -2.39. The Morgan fingerprint density at radius 2 is 1.95 bits per heavy atom. The van der Waals surface area contributed by atoms with Crippen LogP contribution in [0, 0.1) is 0 Å². The molecule has 1 atom stereocenters. The van der Waals surface area contributed by atoms with Crippen molar-refractivity contribution in [3.05, 3.63) is 24.3 Å². The van der Waals surface area contributed by atoms with Gasteiger partial charge in [0.25, 0.3) is 5.91 Å². The molecule has 20 heavy (non-hydrogen) atoms. The number of carbonyl (C=O) groups excluding carboxylic acids is 1. The van der Waals surface area contributed by atoms with Crippen LogP contribution in [0.3, 0.4) is 0 Å². The van der Waals surface area contributed by atoms with Crippen LogP contribution in [0.15, 0.2) is 24.3 Å². The molecule has 1 aromatic carbocycles. The van der Waals surface area contributed by atoms with E-state index in [4.69, 9.17) is 9.47 Å². The highest BCUT2D eigenvalue weighted by molar-refractivity contribution is 5.85. The molecular formula is C14H21ClN2O3. The summed E-state index contributed by atoms with van der Waals surface area (Å²) in [5, 5.41) is 6.13. The van der Waals surface area contributed by atoms with Gasteiger partial charge in [-0.3, -0.25) is 4.79 Å². The highest BCUT2D eigenvalue weighted by Crippen LogP contribution is 2.17. The van der Waals surface area contributed by atoms with E-state index in [-0.39, 0.29) is 31.0 Å². The molecule has 0 radical (unpaired) electrons. The number of amides is 1. The number of benzene rings is 1. The van der Waals surface area contributed by atoms with Gasteiger partial charge in [0, 0.05) is 12.6 Å². The van der Waals surface area contributed by atoms with Crippen LogP contribution in [-0.2, 0) is 4.79 Å². The topological polar surface area (TPSA) is 59.6 Å². The molecule has 1 unspecified atom stereocenters. The van der Waals surface area contributed by atoms with E-state index in [1.165, 1.54) is 0 Å². The predicted molar refractivity (Wildman–Crippen MR) is 79.8 cm³/mol. The SMILES string of the molecule is CCOc1ccc(OCC(=O)NC2CCNC2)cc1.Cl. The van der Waals surface area contributed by atoms with E-state index in [2.05, 4.69) is 10.6 Å². The Morgan fingerprint density at radius 3 is 2.50 bits per heavy atom. The molecule has 0 aromatic heterocycles. The minimum absolute atomic E-state index is 0. The van der Waals surface area contributed by atoms with E-state index in [0.29, 0.717) is 12.4 Å². The van der Waals surface area contributed by atoms with Crippen LogP contribution >= 0.6 is 12.4 Å². The third-order valence-electron chi connectivity index (χ3n) is 2.93. The lowest BCUT2D eigenvalue weighted by Gasteiger charge is -2.12.